The van der Waals surface area contributed by atoms with E-state index in [4.69, 9.17) is 5.11 Å². The molecule has 0 aliphatic rings. The van der Waals surface area contributed by atoms with Gasteiger partial charge >= 0.3 is 5.97 Å². The predicted octanol–water partition coefficient (Wildman–Crippen LogP) is 2.75. The van der Waals surface area contributed by atoms with Gasteiger partial charge in [-0.25, -0.2) is 13.6 Å². The SMILES string of the molecule is O=C(O)C(O)c1cc(F)ccc1-c1ccc(F)cc1. The summed E-state index contributed by atoms with van der Waals surface area (Å²) >= 11 is 0. The quantitative estimate of drug-likeness (QED) is 0.896. The van der Waals surface area contributed by atoms with Crippen LogP contribution in [0.5, 0.6) is 0 Å². The lowest BCUT2D eigenvalue weighted by Crippen LogP contribution is -2.12. The van der Waals surface area contributed by atoms with Crippen LogP contribution in [0, 0.1) is 11.6 Å². The Kier molecular flexibility index (Phi) is 3.57. The molecule has 2 rings (SSSR count). The van der Waals surface area contributed by atoms with E-state index < -0.39 is 23.7 Å². The van der Waals surface area contributed by atoms with Crippen molar-refractivity contribution in [2.24, 2.45) is 0 Å². The third-order valence-corrected chi connectivity index (χ3v) is 2.70. The molecular weight excluding hydrogens is 254 g/mol. The van der Waals surface area contributed by atoms with E-state index in [0.29, 0.717) is 11.1 Å². The maximum atomic E-state index is 13.2. The number of halogens is 2. The van der Waals surface area contributed by atoms with E-state index >= 15 is 0 Å². The van der Waals surface area contributed by atoms with Crippen LogP contribution in [0.3, 0.4) is 0 Å². The molecule has 0 aromatic heterocycles. The fourth-order valence-corrected chi connectivity index (χ4v) is 1.79. The second kappa shape index (κ2) is 5.16. The molecule has 0 radical (unpaired) electrons. The molecule has 2 aromatic rings. The molecule has 0 saturated heterocycles. The Labute approximate surface area is 107 Å². The Morgan fingerprint density at radius 3 is 2.16 bits per heavy atom. The summed E-state index contributed by atoms with van der Waals surface area (Å²) in [6, 6.07) is 8.73. The summed E-state index contributed by atoms with van der Waals surface area (Å²) in [4.78, 5) is 10.8. The van der Waals surface area contributed by atoms with Gasteiger partial charge in [0.25, 0.3) is 0 Å². The van der Waals surface area contributed by atoms with E-state index in [1.165, 1.54) is 30.3 Å². The third-order valence-electron chi connectivity index (χ3n) is 2.70. The molecule has 0 spiro atoms. The van der Waals surface area contributed by atoms with E-state index in [2.05, 4.69) is 0 Å². The summed E-state index contributed by atoms with van der Waals surface area (Å²) in [6.45, 7) is 0. The molecule has 0 aliphatic carbocycles. The van der Waals surface area contributed by atoms with Gasteiger partial charge in [0.15, 0.2) is 6.10 Å². The van der Waals surface area contributed by atoms with Gasteiger partial charge in [-0.3, -0.25) is 0 Å². The first-order chi connectivity index (χ1) is 8.99. The zero-order chi connectivity index (χ0) is 14.0. The molecule has 19 heavy (non-hydrogen) atoms. The van der Waals surface area contributed by atoms with Gasteiger partial charge in [-0.1, -0.05) is 18.2 Å². The first-order valence-electron chi connectivity index (χ1n) is 5.45. The van der Waals surface area contributed by atoms with Crippen LogP contribution in [0.4, 0.5) is 8.78 Å². The van der Waals surface area contributed by atoms with Gasteiger partial charge in [0.1, 0.15) is 11.6 Å². The molecule has 0 aliphatic heterocycles. The van der Waals surface area contributed by atoms with Crippen molar-refractivity contribution in [3.63, 3.8) is 0 Å². The smallest absolute Gasteiger partial charge is 0.337 e. The molecule has 1 atom stereocenters. The monoisotopic (exact) mass is 264 g/mol. The van der Waals surface area contributed by atoms with Gasteiger partial charge < -0.3 is 10.2 Å². The lowest BCUT2D eigenvalue weighted by molar-refractivity contribution is -0.146. The highest BCUT2D eigenvalue weighted by molar-refractivity contribution is 5.79. The number of carboxylic acids is 1. The highest BCUT2D eigenvalue weighted by Crippen LogP contribution is 2.29. The van der Waals surface area contributed by atoms with Crippen molar-refractivity contribution in [1.29, 1.82) is 0 Å². The van der Waals surface area contributed by atoms with E-state index in [1.54, 1.807) is 0 Å². The Balaban J connectivity index is 2.56. The van der Waals surface area contributed by atoms with Gasteiger partial charge in [-0.05, 0) is 35.4 Å². The van der Waals surface area contributed by atoms with Crippen molar-refractivity contribution in [1.82, 2.24) is 0 Å². The maximum Gasteiger partial charge on any atom is 0.337 e. The van der Waals surface area contributed by atoms with Crippen molar-refractivity contribution in [2.45, 2.75) is 6.10 Å². The molecule has 3 nitrogen and oxygen atoms in total. The van der Waals surface area contributed by atoms with E-state index in [1.807, 2.05) is 0 Å². The van der Waals surface area contributed by atoms with Crippen LogP contribution < -0.4 is 0 Å². The van der Waals surface area contributed by atoms with Crippen LogP contribution in [-0.4, -0.2) is 16.2 Å². The summed E-state index contributed by atoms with van der Waals surface area (Å²) in [6.07, 6.45) is -1.84. The van der Waals surface area contributed by atoms with Crippen molar-refractivity contribution in [2.75, 3.05) is 0 Å². The van der Waals surface area contributed by atoms with Crippen LogP contribution in [0.15, 0.2) is 42.5 Å². The Hall–Kier alpha value is -2.27. The Morgan fingerprint density at radius 1 is 1.00 bits per heavy atom. The fraction of sp³-hybridized carbons (Fsp3) is 0.0714. The number of hydrogen-bond donors (Lipinski definition) is 2. The van der Waals surface area contributed by atoms with Crippen LogP contribution in [0.25, 0.3) is 11.1 Å². The maximum absolute atomic E-state index is 13.2. The molecule has 2 N–H and O–H groups in total. The first kappa shape index (κ1) is 13.2. The fourth-order valence-electron chi connectivity index (χ4n) is 1.79. The Morgan fingerprint density at radius 2 is 1.58 bits per heavy atom. The normalized spacial score (nSPS) is 12.2. The molecule has 0 heterocycles. The Bertz CT molecular complexity index is 609. The van der Waals surface area contributed by atoms with Crippen LogP contribution in [0.2, 0.25) is 0 Å². The van der Waals surface area contributed by atoms with Crippen LogP contribution in [-0.2, 0) is 4.79 Å². The number of aliphatic hydroxyl groups excluding tert-OH is 1. The van der Waals surface area contributed by atoms with Gasteiger partial charge in [0.05, 0.1) is 0 Å². The molecule has 2 aromatic carbocycles. The summed E-state index contributed by atoms with van der Waals surface area (Å²) in [7, 11) is 0. The molecule has 5 heteroatoms. The minimum Gasteiger partial charge on any atom is -0.479 e. The van der Waals surface area contributed by atoms with Gasteiger partial charge in [-0.2, -0.15) is 0 Å². The van der Waals surface area contributed by atoms with Gasteiger partial charge in [0.2, 0.25) is 0 Å². The van der Waals surface area contributed by atoms with E-state index in [-0.39, 0.29) is 5.56 Å². The molecule has 0 amide bonds. The minimum atomic E-state index is -1.84. The summed E-state index contributed by atoms with van der Waals surface area (Å²) in [5, 5.41) is 18.4. The minimum absolute atomic E-state index is 0.0703. The number of aliphatic carboxylic acids is 1. The number of benzene rings is 2. The van der Waals surface area contributed by atoms with E-state index in [0.717, 1.165) is 12.1 Å². The number of hydrogen-bond acceptors (Lipinski definition) is 2. The van der Waals surface area contributed by atoms with Gasteiger partial charge in [0, 0.05) is 5.56 Å². The molecule has 0 saturated carbocycles. The molecule has 1 unspecified atom stereocenters. The van der Waals surface area contributed by atoms with Gasteiger partial charge in [-0.15, -0.1) is 0 Å². The zero-order valence-corrected chi connectivity index (χ0v) is 9.68. The first-order valence-corrected chi connectivity index (χ1v) is 5.45. The second-order valence-corrected chi connectivity index (χ2v) is 3.98. The summed E-state index contributed by atoms with van der Waals surface area (Å²) in [5.74, 6) is -2.57. The number of carbonyl (C=O) groups is 1. The van der Waals surface area contributed by atoms with Crippen molar-refractivity contribution >= 4 is 5.97 Å². The van der Waals surface area contributed by atoms with Crippen LogP contribution in [0.1, 0.15) is 11.7 Å². The number of carboxylic acid groups (broad SMARTS) is 1. The summed E-state index contributed by atoms with van der Waals surface area (Å²) in [5.41, 5.74) is 0.770. The van der Waals surface area contributed by atoms with Crippen LogP contribution >= 0.6 is 0 Å². The molecule has 0 bridgehead atoms. The topological polar surface area (TPSA) is 57.5 Å². The van der Waals surface area contributed by atoms with Crippen molar-refractivity contribution in [3.8, 4) is 11.1 Å². The average Bonchev–Trinajstić information content (AvgIpc) is 2.39. The molecule has 98 valence electrons. The second-order valence-electron chi connectivity index (χ2n) is 3.98. The molecular formula is C14H10F2O3. The predicted molar refractivity (Wildman–Crippen MR) is 64.4 cm³/mol. The lowest BCUT2D eigenvalue weighted by Gasteiger charge is -2.12. The zero-order valence-electron chi connectivity index (χ0n) is 9.68. The van der Waals surface area contributed by atoms with E-state index in [9.17, 15) is 18.7 Å². The highest BCUT2D eigenvalue weighted by Gasteiger charge is 2.20. The average molecular weight is 264 g/mol. The lowest BCUT2D eigenvalue weighted by atomic mass is 9.96. The number of rotatable bonds is 3. The third kappa shape index (κ3) is 2.77. The number of aliphatic hydroxyl groups is 1. The largest absolute Gasteiger partial charge is 0.479 e. The molecule has 0 fully saturated rings. The summed E-state index contributed by atoms with van der Waals surface area (Å²) < 4.78 is 26.0. The highest BCUT2D eigenvalue weighted by atomic mass is 19.1. The van der Waals surface area contributed by atoms with Crippen molar-refractivity contribution in [3.05, 3.63) is 59.7 Å². The standard InChI is InChI=1S/C14H10F2O3/c15-9-3-1-8(2-4-9)11-6-5-10(16)7-12(11)13(17)14(18)19/h1-7,13,17H,(H,18,19). The van der Waals surface area contributed by atoms with Crippen molar-refractivity contribution < 1.29 is 23.8 Å².